The van der Waals surface area contributed by atoms with Crippen molar-refractivity contribution in [1.29, 1.82) is 0 Å². The van der Waals surface area contributed by atoms with Gasteiger partial charge in [0.15, 0.2) is 0 Å². The molecule has 0 radical (unpaired) electrons. The molecule has 1 aromatic rings. The van der Waals surface area contributed by atoms with E-state index in [-0.39, 0.29) is 0 Å². The molecule has 0 spiro atoms. The molecule has 1 aliphatic rings. The van der Waals surface area contributed by atoms with Gasteiger partial charge < -0.3 is 5.32 Å². The highest BCUT2D eigenvalue weighted by atomic mass is 14.9. The Morgan fingerprint density at radius 2 is 1.84 bits per heavy atom. The summed E-state index contributed by atoms with van der Waals surface area (Å²) < 4.78 is 0. The molecule has 0 amide bonds. The monoisotopic (exact) mass is 251 g/mol. The van der Waals surface area contributed by atoms with E-state index in [1.165, 1.54) is 22.3 Å². The summed E-state index contributed by atoms with van der Waals surface area (Å²) >= 11 is 0. The van der Waals surface area contributed by atoms with E-state index in [0.717, 1.165) is 23.4 Å². The maximum absolute atomic E-state index is 4.03. The molecular formula is C18H21N. The van der Waals surface area contributed by atoms with Crippen molar-refractivity contribution in [2.24, 2.45) is 0 Å². The Balaban J connectivity index is 2.13. The zero-order valence-corrected chi connectivity index (χ0v) is 12.0. The van der Waals surface area contributed by atoms with Crippen LogP contribution in [-0.2, 0) is 0 Å². The summed E-state index contributed by atoms with van der Waals surface area (Å²) in [6.45, 7) is 15.1. The lowest BCUT2D eigenvalue weighted by atomic mass is 9.85. The number of nitrogens with one attached hydrogen (secondary N) is 1. The summed E-state index contributed by atoms with van der Waals surface area (Å²) in [4.78, 5) is 0. The zero-order chi connectivity index (χ0) is 14.0. The van der Waals surface area contributed by atoms with Gasteiger partial charge in [0, 0.05) is 12.2 Å². The van der Waals surface area contributed by atoms with Crippen molar-refractivity contribution in [2.75, 3.05) is 6.54 Å². The third-order valence-electron chi connectivity index (χ3n) is 3.79. The molecule has 0 saturated heterocycles. The van der Waals surface area contributed by atoms with Crippen LogP contribution in [0.3, 0.4) is 0 Å². The second-order valence-electron chi connectivity index (χ2n) is 4.94. The van der Waals surface area contributed by atoms with E-state index in [1.807, 2.05) is 0 Å². The minimum Gasteiger partial charge on any atom is -0.380 e. The van der Waals surface area contributed by atoms with Crippen molar-refractivity contribution in [1.82, 2.24) is 5.32 Å². The van der Waals surface area contributed by atoms with Gasteiger partial charge in [-0.3, -0.25) is 0 Å². The van der Waals surface area contributed by atoms with Gasteiger partial charge in [-0.25, -0.2) is 0 Å². The molecule has 19 heavy (non-hydrogen) atoms. The lowest BCUT2D eigenvalue weighted by molar-refractivity contribution is 0.881. The minimum absolute atomic E-state index is 0.820. The molecule has 0 aliphatic heterocycles. The number of hydrogen-bond donors (Lipinski definition) is 1. The summed E-state index contributed by atoms with van der Waals surface area (Å²) in [5.74, 6) is 0. The van der Waals surface area contributed by atoms with Gasteiger partial charge in [-0.2, -0.15) is 0 Å². The van der Waals surface area contributed by atoms with Gasteiger partial charge in [-0.05, 0) is 54.2 Å². The third kappa shape index (κ3) is 2.41. The van der Waals surface area contributed by atoms with E-state index in [1.54, 1.807) is 0 Å². The summed E-state index contributed by atoms with van der Waals surface area (Å²) in [7, 11) is 0. The van der Waals surface area contributed by atoms with Gasteiger partial charge >= 0.3 is 0 Å². The normalized spacial score (nSPS) is 15.6. The van der Waals surface area contributed by atoms with Crippen LogP contribution in [0.4, 0.5) is 0 Å². The van der Waals surface area contributed by atoms with Crippen molar-refractivity contribution in [2.45, 2.75) is 20.8 Å². The van der Waals surface area contributed by atoms with Crippen LogP contribution in [0, 0.1) is 6.92 Å². The maximum atomic E-state index is 4.03. The smallest absolute Gasteiger partial charge is 0.0452 e. The summed E-state index contributed by atoms with van der Waals surface area (Å²) in [5, 5.41) is 3.48. The Morgan fingerprint density at radius 1 is 1.16 bits per heavy atom. The van der Waals surface area contributed by atoms with E-state index >= 15 is 0 Å². The fourth-order valence-electron chi connectivity index (χ4n) is 2.40. The maximum Gasteiger partial charge on any atom is 0.0452 e. The van der Waals surface area contributed by atoms with Crippen LogP contribution in [0.15, 0.2) is 65.9 Å². The lowest BCUT2D eigenvalue weighted by Gasteiger charge is -2.28. The first kappa shape index (κ1) is 13.4. The molecule has 1 nitrogen and oxygen atoms in total. The molecule has 1 heteroatoms. The van der Waals surface area contributed by atoms with Crippen molar-refractivity contribution >= 4 is 5.57 Å². The number of rotatable bonds is 4. The fourth-order valence-corrected chi connectivity index (χ4v) is 2.40. The quantitative estimate of drug-likeness (QED) is 0.837. The van der Waals surface area contributed by atoms with Gasteiger partial charge in [0.1, 0.15) is 0 Å². The predicted molar refractivity (Wildman–Crippen MR) is 83.8 cm³/mol. The first-order valence-electron chi connectivity index (χ1n) is 6.61. The van der Waals surface area contributed by atoms with Crippen LogP contribution in [0.1, 0.15) is 25.0 Å². The van der Waals surface area contributed by atoms with Gasteiger partial charge in [-0.1, -0.05) is 43.5 Å². The molecule has 0 bridgehead atoms. The molecule has 1 aromatic carbocycles. The highest BCUT2D eigenvalue weighted by Crippen LogP contribution is 2.35. The van der Waals surface area contributed by atoms with Crippen molar-refractivity contribution < 1.29 is 0 Å². The molecule has 2 rings (SSSR count). The van der Waals surface area contributed by atoms with E-state index in [2.05, 4.69) is 69.6 Å². The molecule has 98 valence electrons. The third-order valence-corrected chi connectivity index (χ3v) is 3.79. The average molecular weight is 251 g/mol. The van der Waals surface area contributed by atoms with Crippen LogP contribution in [0.5, 0.6) is 0 Å². The summed E-state index contributed by atoms with van der Waals surface area (Å²) in [5.41, 5.74) is 8.41. The van der Waals surface area contributed by atoms with Gasteiger partial charge in [0.05, 0.1) is 0 Å². The first-order chi connectivity index (χ1) is 9.06. The van der Waals surface area contributed by atoms with E-state index in [4.69, 9.17) is 0 Å². The molecule has 0 heterocycles. The zero-order valence-electron chi connectivity index (χ0n) is 12.0. The van der Waals surface area contributed by atoms with Gasteiger partial charge in [0.25, 0.3) is 0 Å². The highest BCUT2D eigenvalue weighted by molar-refractivity contribution is 5.71. The molecule has 1 aliphatic carbocycles. The SMILES string of the molecule is C=C1C(=C)C(NC/C(=C/C)c2ccccc2C)=C1C. The second kappa shape index (κ2) is 5.31. The van der Waals surface area contributed by atoms with Crippen LogP contribution in [0.2, 0.25) is 0 Å². The molecule has 1 N–H and O–H groups in total. The molecule has 0 atom stereocenters. The standard InChI is InChI=1S/C18H21N/c1-6-16(17-10-8-7-9-12(17)2)11-19-18-14(4)13(3)15(18)5/h6-10,19H,3-4,11H2,1-2,5H3/b16-6-. The average Bonchev–Trinajstić information content (AvgIpc) is 2.44. The van der Waals surface area contributed by atoms with Crippen LogP contribution in [0.25, 0.3) is 5.57 Å². The summed E-state index contributed by atoms with van der Waals surface area (Å²) in [6, 6.07) is 8.47. The molecule has 0 aromatic heterocycles. The topological polar surface area (TPSA) is 12.0 Å². The van der Waals surface area contributed by atoms with Crippen molar-refractivity contribution in [3.05, 3.63) is 77.0 Å². The molecule has 0 unspecified atom stereocenters. The van der Waals surface area contributed by atoms with Crippen molar-refractivity contribution in [3.63, 3.8) is 0 Å². The van der Waals surface area contributed by atoms with Gasteiger partial charge in [-0.15, -0.1) is 0 Å². The van der Waals surface area contributed by atoms with E-state index in [9.17, 15) is 0 Å². The number of aryl methyl sites for hydroxylation is 1. The number of benzene rings is 1. The summed E-state index contributed by atoms with van der Waals surface area (Å²) in [6.07, 6.45) is 2.17. The van der Waals surface area contributed by atoms with Crippen molar-refractivity contribution in [3.8, 4) is 0 Å². The molecular weight excluding hydrogens is 230 g/mol. The Labute approximate surface area is 116 Å². The van der Waals surface area contributed by atoms with Crippen LogP contribution in [-0.4, -0.2) is 6.54 Å². The highest BCUT2D eigenvalue weighted by Gasteiger charge is 2.22. The predicted octanol–water partition coefficient (Wildman–Crippen LogP) is 4.39. The van der Waals surface area contributed by atoms with Crippen LogP contribution < -0.4 is 5.32 Å². The molecule has 0 saturated carbocycles. The Bertz CT molecular complexity index is 600. The Kier molecular flexibility index (Phi) is 3.75. The minimum atomic E-state index is 0.820. The van der Waals surface area contributed by atoms with E-state index < -0.39 is 0 Å². The molecule has 0 fully saturated rings. The Hall–Kier alpha value is -2.02. The first-order valence-corrected chi connectivity index (χ1v) is 6.61. The fraction of sp³-hybridized carbons (Fsp3) is 0.222. The second-order valence-corrected chi connectivity index (χ2v) is 4.94. The van der Waals surface area contributed by atoms with Gasteiger partial charge in [0.2, 0.25) is 0 Å². The number of allylic oxidation sites excluding steroid dienone is 3. The lowest BCUT2D eigenvalue weighted by Crippen LogP contribution is -2.25. The van der Waals surface area contributed by atoms with Crippen LogP contribution >= 0.6 is 0 Å². The number of hydrogen-bond acceptors (Lipinski definition) is 1. The Morgan fingerprint density at radius 3 is 2.42 bits per heavy atom. The largest absolute Gasteiger partial charge is 0.380 e. The van der Waals surface area contributed by atoms with E-state index in [0.29, 0.717) is 0 Å².